The number of nitrogens with one attached hydrogen (secondary N) is 2. The molecule has 1 atom stereocenters. The van der Waals surface area contributed by atoms with Crippen molar-refractivity contribution in [3.63, 3.8) is 0 Å². The molecule has 6 nitrogen and oxygen atoms in total. The second kappa shape index (κ2) is 6.14. The van der Waals surface area contributed by atoms with Gasteiger partial charge in [0.25, 0.3) is 0 Å². The summed E-state index contributed by atoms with van der Waals surface area (Å²) >= 11 is 0. The fraction of sp³-hybridized carbons (Fsp3) is 0.300. The van der Waals surface area contributed by atoms with Gasteiger partial charge in [-0.1, -0.05) is 12.1 Å². The van der Waals surface area contributed by atoms with Gasteiger partial charge in [-0.05, 0) is 35.7 Å². The summed E-state index contributed by atoms with van der Waals surface area (Å²) in [7, 11) is 0. The van der Waals surface area contributed by atoms with E-state index in [2.05, 4.69) is 32.5 Å². The average molecular weight is 348 g/mol. The van der Waals surface area contributed by atoms with Crippen LogP contribution in [0.4, 0.5) is 5.69 Å². The van der Waals surface area contributed by atoms with E-state index in [0.29, 0.717) is 12.2 Å². The Morgan fingerprint density at radius 3 is 2.88 bits per heavy atom. The van der Waals surface area contributed by atoms with E-state index in [9.17, 15) is 4.79 Å². The number of carbonyl (C=O) groups is 1. The number of esters is 1. The lowest BCUT2D eigenvalue weighted by molar-refractivity contribution is -0.137. The van der Waals surface area contributed by atoms with Gasteiger partial charge in [0.2, 0.25) is 0 Å². The second-order valence-corrected chi connectivity index (χ2v) is 6.92. The Morgan fingerprint density at radius 1 is 1.12 bits per heavy atom. The van der Waals surface area contributed by atoms with Crippen molar-refractivity contribution in [1.29, 1.82) is 0 Å². The van der Waals surface area contributed by atoms with Crippen LogP contribution in [0, 0.1) is 0 Å². The minimum atomic E-state index is -0.271. The Balaban J connectivity index is 1.44. The Morgan fingerprint density at radius 2 is 2.00 bits per heavy atom. The molecule has 2 aliphatic rings. The lowest BCUT2D eigenvalue weighted by atomic mass is 9.89. The first-order valence-corrected chi connectivity index (χ1v) is 9.01. The highest BCUT2D eigenvalue weighted by Gasteiger charge is 2.30. The summed E-state index contributed by atoms with van der Waals surface area (Å²) in [6.45, 7) is 3.91. The Bertz CT molecular complexity index is 975. The Kier molecular flexibility index (Phi) is 3.64. The molecule has 3 aromatic rings. The van der Waals surface area contributed by atoms with Crippen molar-refractivity contribution < 1.29 is 9.53 Å². The van der Waals surface area contributed by atoms with Gasteiger partial charge >= 0.3 is 5.97 Å². The normalized spacial score (nSPS) is 20.1. The van der Waals surface area contributed by atoms with Crippen molar-refractivity contribution in [2.75, 3.05) is 31.1 Å². The lowest BCUT2D eigenvalue weighted by Gasteiger charge is -2.31. The number of H-pyrrole nitrogens is 1. The number of fused-ring (bicyclic) bond motifs is 2. The van der Waals surface area contributed by atoms with Crippen molar-refractivity contribution >= 4 is 22.6 Å². The number of rotatable bonds is 2. The van der Waals surface area contributed by atoms with Gasteiger partial charge in [-0.15, -0.1) is 0 Å². The van der Waals surface area contributed by atoms with Crippen molar-refractivity contribution in [3.8, 4) is 5.75 Å². The van der Waals surface area contributed by atoms with Crippen LogP contribution >= 0.6 is 0 Å². The quantitative estimate of drug-likeness (QED) is 0.549. The molecule has 2 N–H and O–H groups in total. The van der Waals surface area contributed by atoms with E-state index in [0.717, 1.165) is 53.9 Å². The van der Waals surface area contributed by atoms with Crippen LogP contribution in [-0.4, -0.2) is 42.3 Å². The first-order valence-electron chi connectivity index (χ1n) is 9.01. The number of hydrogen-bond donors (Lipinski definition) is 2. The number of ether oxygens (including phenoxy) is 1. The summed E-state index contributed by atoms with van der Waals surface area (Å²) in [4.78, 5) is 15.0. The zero-order valence-electron chi connectivity index (χ0n) is 14.4. The number of aromatic nitrogens is 2. The third-order valence-electron chi connectivity index (χ3n) is 5.32. The fourth-order valence-electron chi connectivity index (χ4n) is 3.84. The molecule has 26 heavy (non-hydrogen) atoms. The molecule has 0 radical (unpaired) electrons. The van der Waals surface area contributed by atoms with Crippen LogP contribution in [0.25, 0.3) is 10.9 Å². The molecule has 0 spiro atoms. The topological polar surface area (TPSA) is 70.2 Å². The molecule has 2 aliphatic heterocycles. The number of anilines is 1. The molecular formula is C20H20N4O2. The van der Waals surface area contributed by atoms with E-state index in [1.165, 1.54) is 0 Å². The van der Waals surface area contributed by atoms with Crippen LogP contribution in [-0.2, 0) is 11.2 Å². The molecule has 0 amide bonds. The molecule has 132 valence electrons. The molecule has 1 fully saturated rings. The van der Waals surface area contributed by atoms with E-state index < -0.39 is 0 Å². The van der Waals surface area contributed by atoms with Crippen LogP contribution in [0.15, 0.2) is 42.6 Å². The highest BCUT2D eigenvalue weighted by molar-refractivity contribution is 5.86. The summed E-state index contributed by atoms with van der Waals surface area (Å²) in [5, 5.41) is 11.3. The van der Waals surface area contributed by atoms with Gasteiger partial charge in [0.15, 0.2) is 0 Å². The summed E-state index contributed by atoms with van der Waals surface area (Å²) in [6, 6.07) is 12.2. The fourth-order valence-corrected chi connectivity index (χ4v) is 3.84. The molecule has 1 saturated heterocycles. The average Bonchev–Trinajstić information content (AvgIpc) is 3.15. The SMILES string of the molecule is O=C1Oc2cc(N3CCNCC3)ccc2CC1c1ccc2[nH]ncc2c1. The molecule has 1 unspecified atom stereocenters. The van der Waals surface area contributed by atoms with Gasteiger partial charge < -0.3 is 15.0 Å². The monoisotopic (exact) mass is 348 g/mol. The van der Waals surface area contributed by atoms with Crippen molar-refractivity contribution in [1.82, 2.24) is 15.5 Å². The highest BCUT2D eigenvalue weighted by Crippen LogP contribution is 2.36. The zero-order chi connectivity index (χ0) is 17.5. The Hall–Kier alpha value is -2.86. The van der Waals surface area contributed by atoms with Gasteiger partial charge in [-0.25, -0.2) is 0 Å². The third kappa shape index (κ3) is 2.63. The van der Waals surface area contributed by atoms with E-state index in [4.69, 9.17) is 4.74 Å². The number of aromatic amines is 1. The largest absolute Gasteiger partial charge is 0.426 e. The van der Waals surface area contributed by atoms with Gasteiger partial charge in [0, 0.05) is 43.3 Å². The second-order valence-electron chi connectivity index (χ2n) is 6.92. The van der Waals surface area contributed by atoms with Crippen LogP contribution in [0.5, 0.6) is 5.75 Å². The lowest BCUT2D eigenvalue weighted by Crippen LogP contribution is -2.43. The number of nitrogens with zero attached hydrogens (tertiary/aromatic N) is 2. The molecule has 0 aliphatic carbocycles. The number of piperazine rings is 1. The molecule has 1 aromatic heterocycles. The van der Waals surface area contributed by atoms with Crippen LogP contribution in [0.2, 0.25) is 0 Å². The molecular weight excluding hydrogens is 328 g/mol. The predicted molar refractivity (Wildman–Crippen MR) is 99.7 cm³/mol. The Labute approximate surface area is 151 Å². The maximum atomic E-state index is 12.7. The highest BCUT2D eigenvalue weighted by atomic mass is 16.5. The maximum absolute atomic E-state index is 12.7. The van der Waals surface area contributed by atoms with Gasteiger partial charge in [-0.3, -0.25) is 9.89 Å². The van der Waals surface area contributed by atoms with Crippen molar-refractivity contribution in [2.24, 2.45) is 0 Å². The van der Waals surface area contributed by atoms with Crippen molar-refractivity contribution in [3.05, 3.63) is 53.7 Å². The first-order chi connectivity index (χ1) is 12.8. The van der Waals surface area contributed by atoms with Gasteiger partial charge in [0.05, 0.1) is 17.6 Å². The molecule has 2 aromatic carbocycles. The molecule has 6 heteroatoms. The van der Waals surface area contributed by atoms with Crippen molar-refractivity contribution in [2.45, 2.75) is 12.3 Å². The predicted octanol–water partition coefficient (Wildman–Crippen LogP) is 2.22. The van der Waals surface area contributed by atoms with Crippen LogP contribution in [0.3, 0.4) is 0 Å². The molecule has 5 rings (SSSR count). The minimum Gasteiger partial charge on any atom is -0.426 e. The van der Waals surface area contributed by atoms with Crippen LogP contribution < -0.4 is 15.0 Å². The van der Waals surface area contributed by atoms with E-state index in [1.807, 2.05) is 24.3 Å². The standard InChI is InChI=1S/C20H20N4O2/c25-20-17(13-2-4-18-15(9-13)12-22-23-18)10-14-1-3-16(11-19(14)26-20)24-7-5-21-6-8-24/h1-4,9,11-12,17,21H,5-8,10H2,(H,22,23). The zero-order valence-corrected chi connectivity index (χ0v) is 14.4. The number of hydrogen-bond acceptors (Lipinski definition) is 5. The van der Waals surface area contributed by atoms with Gasteiger partial charge in [-0.2, -0.15) is 5.10 Å². The first kappa shape index (κ1) is 15.4. The van der Waals surface area contributed by atoms with Gasteiger partial charge in [0.1, 0.15) is 5.75 Å². The van der Waals surface area contributed by atoms with Crippen LogP contribution in [0.1, 0.15) is 17.0 Å². The summed E-state index contributed by atoms with van der Waals surface area (Å²) in [5.41, 5.74) is 4.15. The van der Waals surface area contributed by atoms with E-state index in [1.54, 1.807) is 6.20 Å². The molecule has 3 heterocycles. The maximum Gasteiger partial charge on any atom is 0.319 e. The summed E-state index contributed by atoms with van der Waals surface area (Å²) < 4.78 is 5.72. The number of benzene rings is 2. The molecule has 0 bridgehead atoms. The summed E-state index contributed by atoms with van der Waals surface area (Å²) in [6.07, 6.45) is 2.44. The molecule has 0 saturated carbocycles. The smallest absolute Gasteiger partial charge is 0.319 e. The number of carbonyl (C=O) groups excluding carboxylic acids is 1. The van der Waals surface area contributed by atoms with E-state index >= 15 is 0 Å². The van der Waals surface area contributed by atoms with E-state index in [-0.39, 0.29) is 11.9 Å². The third-order valence-corrected chi connectivity index (χ3v) is 5.32. The minimum absolute atomic E-state index is 0.183. The summed E-state index contributed by atoms with van der Waals surface area (Å²) in [5.74, 6) is 0.247.